The molecule has 1 fully saturated rings. The lowest BCUT2D eigenvalue weighted by molar-refractivity contribution is -0.141. The Morgan fingerprint density at radius 2 is 1.67 bits per heavy atom. The van der Waals surface area contributed by atoms with Gasteiger partial charge in [-0.05, 0) is 19.1 Å². The van der Waals surface area contributed by atoms with Gasteiger partial charge in [0.25, 0.3) is 0 Å². The van der Waals surface area contributed by atoms with Gasteiger partial charge < -0.3 is 15.5 Å². The van der Waals surface area contributed by atoms with Crippen LogP contribution in [-0.4, -0.2) is 46.2 Å². The Balaban J connectivity index is 1.69. The van der Waals surface area contributed by atoms with E-state index in [1.165, 1.54) is 6.07 Å². The Morgan fingerprint density at radius 3 is 2.12 bits per heavy atom. The van der Waals surface area contributed by atoms with E-state index < -0.39 is 11.9 Å². The Bertz CT molecular complexity index is 715. The fraction of sp³-hybridized carbons (Fsp3) is 0.500. The highest BCUT2D eigenvalue weighted by atomic mass is 19.4. The van der Waals surface area contributed by atoms with Crippen molar-refractivity contribution in [3.63, 3.8) is 0 Å². The van der Waals surface area contributed by atoms with Crippen LogP contribution in [0.3, 0.4) is 0 Å². The molecule has 2 N–H and O–H groups in total. The lowest BCUT2D eigenvalue weighted by atomic mass is 10.2. The van der Waals surface area contributed by atoms with Crippen molar-refractivity contribution in [2.45, 2.75) is 13.1 Å². The van der Waals surface area contributed by atoms with Crippen LogP contribution >= 0.6 is 0 Å². The molecule has 2 aromatic heterocycles. The molecule has 0 amide bonds. The first-order chi connectivity index (χ1) is 11.3. The Kier molecular flexibility index (Phi) is 3.98. The molecule has 0 saturated carbocycles. The molecule has 130 valence electrons. The second-order valence-corrected chi connectivity index (χ2v) is 5.69. The number of aryl methyl sites for hydroxylation is 2. The molecule has 3 heterocycles. The fourth-order valence-corrected chi connectivity index (χ4v) is 2.83. The van der Waals surface area contributed by atoms with Crippen molar-refractivity contribution >= 4 is 17.3 Å². The summed E-state index contributed by atoms with van der Waals surface area (Å²) in [5.74, 6) is 1.31. The number of piperazine rings is 1. The molecular weight excluding hydrogens is 323 g/mol. The zero-order valence-corrected chi connectivity index (χ0v) is 13.4. The summed E-state index contributed by atoms with van der Waals surface area (Å²) in [6, 6.07) is 2.31. The molecule has 7 nitrogen and oxygen atoms in total. The zero-order chi connectivity index (χ0) is 17.5. The molecule has 0 unspecified atom stereocenters. The molecule has 0 atom stereocenters. The van der Waals surface area contributed by atoms with E-state index in [9.17, 15) is 13.2 Å². The number of halogens is 3. The number of nitrogens with zero attached hydrogens (tertiary/aromatic N) is 6. The van der Waals surface area contributed by atoms with Crippen LogP contribution < -0.4 is 15.5 Å². The van der Waals surface area contributed by atoms with Crippen LogP contribution in [0.5, 0.6) is 0 Å². The van der Waals surface area contributed by atoms with E-state index in [0.29, 0.717) is 37.7 Å². The van der Waals surface area contributed by atoms with Crippen LogP contribution in [0.25, 0.3) is 0 Å². The van der Waals surface area contributed by atoms with Crippen LogP contribution in [0.4, 0.5) is 30.5 Å². The SMILES string of the molecule is Cc1nn(C)c(N2CCN(c3ccc(C(F)(F)F)nn3)CC2)c1N. The molecule has 1 saturated heterocycles. The third kappa shape index (κ3) is 2.95. The third-order valence-corrected chi connectivity index (χ3v) is 4.08. The molecule has 1 aliphatic heterocycles. The summed E-state index contributed by atoms with van der Waals surface area (Å²) >= 11 is 0. The largest absolute Gasteiger partial charge is 0.435 e. The molecule has 0 radical (unpaired) electrons. The van der Waals surface area contributed by atoms with Gasteiger partial charge in [0.1, 0.15) is 0 Å². The average Bonchev–Trinajstić information content (AvgIpc) is 2.80. The summed E-state index contributed by atoms with van der Waals surface area (Å²) in [4.78, 5) is 4.02. The smallest absolute Gasteiger partial charge is 0.394 e. The molecule has 0 aromatic carbocycles. The van der Waals surface area contributed by atoms with Gasteiger partial charge >= 0.3 is 6.18 Å². The van der Waals surface area contributed by atoms with Gasteiger partial charge in [0.15, 0.2) is 17.3 Å². The van der Waals surface area contributed by atoms with Crippen molar-refractivity contribution in [1.82, 2.24) is 20.0 Å². The summed E-state index contributed by atoms with van der Waals surface area (Å²) < 4.78 is 39.4. The first kappa shape index (κ1) is 16.3. The summed E-state index contributed by atoms with van der Waals surface area (Å²) in [6.45, 7) is 4.43. The zero-order valence-electron chi connectivity index (χ0n) is 13.4. The van der Waals surface area contributed by atoms with Gasteiger partial charge in [-0.15, -0.1) is 10.2 Å². The van der Waals surface area contributed by atoms with Crippen LogP contribution in [0, 0.1) is 6.92 Å². The normalized spacial score (nSPS) is 15.9. The number of nitrogens with two attached hydrogens (primary N) is 1. The fourth-order valence-electron chi connectivity index (χ4n) is 2.83. The third-order valence-electron chi connectivity index (χ3n) is 4.08. The quantitative estimate of drug-likeness (QED) is 0.891. The van der Waals surface area contributed by atoms with E-state index in [1.807, 2.05) is 18.9 Å². The van der Waals surface area contributed by atoms with Gasteiger partial charge in [-0.3, -0.25) is 4.68 Å². The molecular formula is C14H18F3N7. The van der Waals surface area contributed by atoms with Gasteiger partial charge in [-0.25, -0.2) is 0 Å². The Morgan fingerprint density at radius 1 is 1.04 bits per heavy atom. The summed E-state index contributed by atoms with van der Waals surface area (Å²) in [5.41, 5.74) is 6.52. The topological polar surface area (TPSA) is 76.1 Å². The molecule has 0 aliphatic carbocycles. The first-order valence-electron chi connectivity index (χ1n) is 7.47. The minimum atomic E-state index is -4.47. The van der Waals surface area contributed by atoms with Gasteiger partial charge in [-0.2, -0.15) is 18.3 Å². The molecule has 3 rings (SSSR count). The van der Waals surface area contributed by atoms with E-state index in [0.717, 1.165) is 17.6 Å². The van der Waals surface area contributed by atoms with E-state index in [4.69, 9.17) is 5.73 Å². The van der Waals surface area contributed by atoms with Gasteiger partial charge in [-0.1, -0.05) is 0 Å². The summed E-state index contributed by atoms with van der Waals surface area (Å²) in [6.07, 6.45) is -4.47. The van der Waals surface area contributed by atoms with Crippen molar-refractivity contribution in [3.05, 3.63) is 23.5 Å². The molecule has 0 spiro atoms. The monoisotopic (exact) mass is 341 g/mol. The maximum Gasteiger partial charge on any atom is 0.435 e. The van der Waals surface area contributed by atoms with E-state index in [2.05, 4.69) is 20.2 Å². The number of alkyl halides is 3. The van der Waals surface area contributed by atoms with Crippen LogP contribution in [0.1, 0.15) is 11.4 Å². The minimum Gasteiger partial charge on any atom is -0.394 e. The molecule has 10 heteroatoms. The first-order valence-corrected chi connectivity index (χ1v) is 7.47. The maximum atomic E-state index is 12.5. The number of hydrogen-bond donors (Lipinski definition) is 1. The Hall–Kier alpha value is -2.52. The predicted octanol–water partition coefficient (Wildman–Crippen LogP) is 1.45. The standard InChI is InChI=1S/C14H18F3N7/c1-9-12(18)13(22(2)21-9)24-7-5-23(6-8-24)11-4-3-10(19-20-11)14(15,16)17/h3-4H,5-8,18H2,1-2H3. The van der Waals surface area contributed by atoms with E-state index in [1.54, 1.807) is 4.68 Å². The van der Waals surface area contributed by atoms with Crippen LogP contribution in [0.2, 0.25) is 0 Å². The predicted molar refractivity (Wildman–Crippen MR) is 83.8 cm³/mol. The number of hydrogen-bond acceptors (Lipinski definition) is 6. The molecule has 2 aromatic rings. The lowest BCUT2D eigenvalue weighted by Gasteiger charge is -2.36. The van der Waals surface area contributed by atoms with Crippen molar-refractivity contribution < 1.29 is 13.2 Å². The van der Waals surface area contributed by atoms with Gasteiger partial charge in [0.2, 0.25) is 0 Å². The Labute approximate surface area is 136 Å². The van der Waals surface area contributed by atoms with Crippen molar-refractivity contribution in [2.24, 2.45) is 7.05 Å². The summed E-state index contributed by atoms with van der Waals surface area (Å²) in [7, 11) is 1.84. The van der Waals surface area contributed by atoms with Crippen molar-refractivity contribution in [3.8, 4) is 0 Å². The highest BCUT2D eigenvalue weighted by Crippen LogP contribution is 2.29. The molecule has 24 heavy (non-hydrogen) atoms. The van der Waals surface area contributed by atoms with E-state index in [-0.39, 0.29) is 0 Å². The van der Waals surface area contributed by atoms with Crippen LogP contribution in [0.15, 0.2) is 12.1 Å². The number of anilines is 3. The number of aromatic nitrogens is 4. The van der Waals surface area contributed by atoms with Crippen molar-refractivity contribution in [1.29, 1.82) is 0 Å². The second-order valence-electron chi connectivity index (χ2n) is 5.69. The lowest BCUT2D eigenvalue weighted by Crippen LogP contribution is -2.47. The highest BCUT2D eigenvalue weighted by Gasteiger charge is 2.33. The second kappa shape index (κ2) is 5.84. The number of rotatable bonds is 2. The molecule has 0 bridgehead atoms. The summed E-state index contributed by atoms with van der Waals surface area (Å²) in [5, 5.41) is 11.3. The highest BCUT2D eigenvalue weighted by molar-refractivity contribution is 5.66. The average molecular weight is 341 g/mol. The number of nitrogen functional groups attached to an aromatic ring is 1. The maximum absolute atomic E-state index is 12.5. The molecule has 1 aliphatic rings. The van der Waals surface area contributed by atoms with E-state index >= 15 is 0 Å². The minimum absolute atomic E-state index is 0.441. The van der Waals surface area contributed by atoms with Gasteiger partial charge in [0, 0.05) is 33.2 Å². The van der Waals surface area contributed by atoms with Gasteiger partial charge in [0.05, 0.1) is 11.4 Å². The van der Waals surface area contributed by atoms with Crippen molar-refractivity contribution in [2.75, 3.05) is 41.7 Å². The van der Waals surface area contributed by atoms with Crippen LogP contribution in [-0.2, 0) is 13.2 Å².